The monoisotopic (exact) mass is 235 g/mol. The second-order valence-electron chi connectivity index (χ2n) is 4.69. The van der Waals surface area contributed by atoms with Crippen molar-refractivity contribution in [2.45, 2.75) is 39.3 Å². The fourth-order valence-corrected chi connectivity index (χ4v) is 1.76. The molecule has 1 heterocycles. The molecule has 17 heavy (non-hydrogen) atoms. The third-order valence-corrected chi connectivity index (χ3v) is 3.46. The van der Waals surface area contributed by atoms with E-state index in [2.05, 4.69) is 55.2 Å². The Bertz CT molecular complexity index is 300. The van der Waals surface area contributed by atoms with Gasteiger partial charge in [-0.1, -0.05) is 6.92 Å². The maximum Gasteiger partial charge on any atom is 0.0293 e. The van der Waals surface area contributed by atoms with Crippen LogP contribution in [-0.4, -0.2) is 36.1 Å². The van der Waals surface area contributed by atoms with Crippen molar-refractivity contribution >= 4 is 0 Å². The van der Waals surface area contributed by atoms with Gasteiger partial charge in [0.25, 0.3) is 0 Å². The average molecular weight is 235 g/mol. The maximum atomic E-state index is 4.03. The summed E-state index contributed by atoms with van der Waals surface area (Å²) in [4.78, 5) is 6.43. The maximum absolute atomic E-state index is 4.03. The van der Waals surface area contributed by atoms with Gasteiger partial charge in [0, 0.05) is 37.6 Å². The highest BCUT2D eigenvalue weighted by atomic mass is 15.1. The van der Waals surface area contributed by atoms with Crippen molar-refractivity contribution in [1.82, 2.24) is 15.2 Å². The van der Waals surface area contributed by atoms with Crippen LogP contribution in [0.25, 0.3) is 0 Å². The molecule has 1 aromatic rings. The summed E-state index contributed by atoms with van der Waals surface area (Å²) in [5.74, 6) is 0. The van der Waals surface area contributed by atoms with Gasteiger partial charge in [-0.05, 0) is 45.0 Å². The molecule has 3 heteroatoms. The molecule has 2 unspecified atom stereocenters. The van der Waals surface area contributed by atoms with Gasteiger partial charge in [-0.3, -0.25) is 4.98 Å². The topological polar surface area (TPSA) is 28.2 Å². The molecular weight excluding hydrogens is 210 g/mol. The van der Waals surface area contributed by atoms with Crippen molar-refractivity contribution in [2.75, 3.05) is 20.1 Å². The number of nitrogens with zero attached hydrogens (tertiary/aromatic N) is 2. The number of rotatable bonds is 7. The molecule has 96 valence electrons. The van der Waals surface area contributed by atoms with Crippen LogP contribution in [0.2, 0.25) is 0 Å². The van der Waals surface area contributed by atoms with Crippen molar-refractivity contribution < 1.29 is 0 Å². The minimum absolute atomic E-state index is 0.392. The normalized spacial score (nSPS) is 14.9. The van der Waals surface area contributed by atoms with Crippen LogP contribution in [0.4, 0.5) is 0 Å². The van der Waals surface area contributed by atoms with Crippen molar-refractivity contribution in [3.8, 4) is 0 Å². The Kier molecular flexibility index (Phi) is 6.16. The van der Waals surface area contributed by atoms with Gasteiger partial charge < -0.3 is 10.2 Å². The number of pyridine rings is 1. The first-order valence-electron chi connectivity index (χ1n) is 6.48. The van der Waals surface area contributed by atoms with Crippen LogP contribution in [0.5, 0.6) is 0 Å². The Morgan fingerprint density at radius 1 is 1.29 bits per heavy atom. The lowest BCUT2D eigenvalue weighted by Gasteiger charge is -2.24. The standard InChI is InChI=1S/C14H25N3/c1-5-12(2)17(4)11-10-16-13(3)14-6-8-15-9-7-14/h6-9,12-13,16H,5,10-11H2,1-4H3. The Labute approximate surface area is 105 Å². The molecule has 0 saturated carbocycles. The van der Waals surface area contributed by atoms with Gasteiger partial charge in [0.1, 0.15) is 0 Å². The number of nitrogens with one attached hydrogen (secondary N) is 1. The number of aromatic nitrogens is 1. The molecule has 0 bridgehead atoms. The van der Waals surface area contributed by atoms with E-state index in [-0.39, 0.29) is 0 Å². The lowest BCUT2D eigenvalue weighted by Crippen LogP contribution is -2.35. The lowest BCUT2D eigenvalue weighted by molar-refractivity contribution is 0.249. The number of likely N-dealkylation sites (N-methyl/N-ethyl adjacent to an activating group) is 1. The molecule has 1 rings (SSSR count). The predicted molar refractivity (Wildman–Crippen MR) is 73.0 cm³/mol. The molecular formula is C14H25N3. The quantitative estimate of drug-likeness (QED) is 0.787. The summed E-state index contributed by atoms with van der Waals surface area (Å²) in [5.41, 5.74) is 1.30. The highest BCUT2D eigenvalue weighted by Gasteiger charge is 2.07. The van der Waals surface area contributed by atoms with Gasteiger partial charge in [-0.15, -0.1) is 0 Å². The van der Waals surface area contributed by atoms with Crippen molar-refractivity contribution in [3.05, 3.63) is 30.1 Å². The highest BCUT2D eigenvalue weighted by Crippen LogP contribution is 2.09. The zero-order valence-electron chi connectivity index (χ0n) is 11.5. The molecule has 0 amide bonds. The minimum Gasteiger partial charge on any atom is -0.309 e. The SMILES string of the molecule is CCC(C)N(C)CCNC(C)c1ccncc1. The summed E-state index contributed by atoms with van der Waals surface area (Å²) >= 11 is 0. The van der Waals surface area contributed by atoms with Gasteiger partial charge in [-0.2, -0.15) is 0 Å². The van der Waals surface area contributed by atoms with Crippen LogP contribution in [0, 0.1) is 0 Å². The minimum atomic E-state index is 0.392. The van der Waals surface area contributed by atoms with Crippen molar-refractivity contribution in [2.24, 2.45) is 0 Å². The molecule has 0 saturated heterocycles. The van der Waals surface area contributed by atoms with Crippen molar-refractivity contribution in [3.63, 3.8) is 0 Å². The molecule has 3 nitrogen and oxygen atoms in total. The molecule has 0 aromatic carbocycles. The summed E-state index contributed by atoms with van der Waals surface area (Å²) in [6.45, 7) is 8.80. The van der Waals surface area contributed by atoms with Crippen LogP contribution in [-0.2, 0) is 0 Å². The van der Waals surface area contributed by atoms with E-state index in [0.717, 1.165) is 13.1 Å². The summed E-state index contributed by atoms with van der Waals surface area (Å²) in [5, 5.41) is 3.54. The average Bonchev–Trinajstić information content (AvgIpc) is 2.38. The smallest absolute Gasteiger partial charge is 0.0293 e. The molecule has 0 aliphatic carbocycles. The van der Waals surface area contributed by atoms with Crippen molar-refractivity contribution in [1.29, 1.82) is 0 Å². The van der Waals surface area contributed by atoms with E-state index in [1.54, 1.807) is 0 Å². The summed E-state index contributed by atoms with van der Waals surface area (Å²) < 4.78 is 0. The van der Waals surface area contributed by atoms with E-state index in [0.29, 0.717) is 12.1 Å². The molecule has 0 spiro atoms. The lowest BCUT2D eigenvalue weighted by atomic mass is 10.1. The molecule has 0 aliphatic heterocycles. The first-order valence-corrected chi connectivity index (χ1v) is 6.48. The van der Waals surface area contributed by atoms with Gasteiger partial charge >= 0.3 is 0 Å². The van der Waals surface area contributed by atoms with E-state index in [4.69, 9.17) is 0 Å². The molecule has 1 N–H and O–H groups in total. The third kappa shape index (κ3) is 4.84. The summed E-state index contributed by atoms with van der Waals surface area (Å²) in [6, 6.07) is 5.18. The molecule has 0 aliphatic rings. The van der Waals surface area contributed by atoms with E-state index in [9.17, 15) is 0 Å². The fraction of sp³-hybridized carbons (Fsp3) is 0.643. The second kappa shape index (κ2) is 7.41. The molecule has 0 fully saturated rings. The van der Waals surface area contributed by atoms with Crippen LogP contribution in [0.15, 0.2) is 24.5 Å². The fourth-order valence-electron chi connectivity index (χ4n) is 1.76. The first kappa shape index (κ1) is 14.1. The number of hydrogen-bond donors (Lipinski definition) is 1. The Balaban J connectivity index is 2.27. The zero-order chi connectivity index (χ0) is 12.7. The Hall–Kier alpha value is -0.930. The van der Waals surface area contributed by atoms with Gasteiger partial charge in [0.15, 0.2) is 0 Å². The summed E-state index contributed by atoms with van der Waals surface area (Å²) in [7, 11) is 2.19. The third-order valence-electron chi connectivity index (χ3n) is 3.46. The highest BCUT2D eigenvalue weighted by molar-refractivity contribution is 5.13. The van der Waals surface area contributed by atoms with Crippen LogP contribution >= 0.6 is 0 Å². The Morgan fingerprint density at radius 2 is 1.94 bits per heavy atom. The van der Waals surface area contributed by atoms with E-state index >= 15 is 0 Å². The zero-order valence-corrected chi connectivity index (χ0v) is 11.5. The van der Waals surface area contributed by atoms with Gasteiger partial charge in [-0.25, -0.2) is 0 Å². The summed E-state index contributed by atoms with van der Waals surface area (Å²) in [6.07, 6.45) is 4.90. The van der Waals surface area contributed by atoms with E-state index < -0.39 is 0 Å². The second-order valence-corrected chi connectivity index (χ2v) is 4.69. The first-order chi connectivity index (χ1) is 8.15. The van der Waals surface area contributed by atoms with Crippen LogP contribution in [0.3, 0.4) is 0 Å². The van der Waals surface area contributed by atoms with Crippen LogP contribution in [0.1, 0.15) is 38.8 Å². The van der Waals surface area contributed by atoms with E-state index in [1.165, 1.54) is 12.0 Å². The molecule has 1 aromatic heterocycles. The predicted octanol–water partition coefficient (Wildman–Crippen LogP) is 2.46. The largest absolute Gasteiger partial charge is 0.309 e. The van der Waals surface area contributed by atoms with Gasteiger partial charge in [0.05, 0.1) is 0 Å². The van der Waals surface area contributed by atoms with Crippen LogP contribution < -0.4 is 5.32 Å². The molecule has 0 radical (unpaired) electrons. The Morgan fingerprint density at radius 3 is 2.53 bits per heavy atom. The van der Waals surface area contributed by atoms with E-state index in [1.807, 2.05) is 12.4 Å². The number of hydrogen-bond acceptors (Lipinski definition) is 3. The van der Waals surface area contributed by atoms with Gasteiger partial charge in [0.2, 0.25) is 0 Å². The molecule has 2 atom stereocenters.